The van der Waals surface area contributed by atoms with Crippen LogP contribution < -0.4 is 0 Å². The Morgan fingerprint density at radius 3 is 3.00 bits per heavy atom. The summed E-state index contributed by atoms with van der Waals surface area (Å²) in [4.78, 5) is 16.6. The fourth-order valence-electron chi connectivity index (χ4n) is 0.854. The number of hydrogen-bond donors (Lipinski definition) is 0. The molecule has 0 N–H and O–H groups in total. The number of carbonyl (C=O) groups excluding carboxylic acids is 1. The normalized spacial score (nSPS) is 10.1. The van der Waals surface area contributed by atoms with Gasteiger partial charge in [0.05, 0.1) is 7.11 Å². The Balaban J connectivity index is 2.88. The summed E-state index contributed by atoms with van der Waals surface area (Å²) in [5.41, 5.74) is 0.416. The molecule has 1 aromatic heterocycles. The summed E-state index contributed by atoms with van der Waals surface area (Å²) in [6, 6.07) is 1.60. The van der Waals surface area contributed by atoms with E-state index in [1.807, 2.05) is 0 Å². The van der Waals surface area contributed by atoms with Crippen LogP contribution in [-0.4, -0.2) is 25.1 Å². The Kier molecular flexibility index (Phi) is 3.39. The van der Waals surface area contributed by atoms with E-state index in [1.165, 1.54) is 25.5 Å². The maximum atomic E-state index is 12.3. The second-order valence-electron chi connectivity index (χ2n) is 2.39. The van der Waals surface area contributed by atoms with Crippen molar-refractivity contribution in [1.82, 2.24) is 5.06 Å². The molecule has 1 aromatic rings. The van der Waals surface area contributed by atoms with Gasteiger partial charge in [0.1, 0.15) is 11.6 Å². The lowest BCUT2D eigenvalue weighted by Crippen LogP contribution is -2.25. The minimum Gasteiger partial charge on any atom is -0.274 e. The van der Waals surface area contributed by atoms with E-state index in [1.54, 1.807) is 11.4 Å². The Labute approximate surface area is 79.7 Å². The Bertz CT molecular complexity index is 300. The molecule has 0 atom stereocenters. The fraction of sp³-hybridized carbons (Fsp3) is 0.375. The van der Waals surface area contributed by atoms with Crippen LogP contribution in [0.3, 0.4) is 0 Å². The van der Waals surface area contributed by atoms with Crippen molar-refractivity contribution in [2.45, 2.75) is 6.67 Å². The molecule has 0 saturated heterocycles. The summed E-state index contributed by atoms with van der Waals surface area (Å²) in [5, 5.41) is 2.76. The van der Waals surface area contributed by atoms with Crippen molar-refractivity contribution < 1.29 is 14.0 Å². The number of nitrogens with zero attached hydrogens (tertiary/aromatic N) is 1. The third-order valence-corrected chi connectivity index (χ3v) is 2.59. The minimum atomic E-state index is -0.623. The molecule has 0 bridgehead atoms. The summed E-state index contributed by atoms with van der Waals surface area (Å²) in [5.74, 6) is -0.315. The predicted octanol–water partition coefficient (Wildman–Crippen LogP) is 1.85. The topological polar surface area (TPSA) is 29.5 Å². The highest BCUT2D eigenvalue weighted by molar-refractivity contribution is 7.12. The Morgan fingerprint density at radius 2 is 2.46 bits per heavy atom. The minimum absolute atomic E-state index is 0.315. The highest BCUT2D eigenvalue weighted by Crippen LogP contribution is 2.19. The quantitative estimate of drug-likeness (QED) is 0.702. The number of halogens is 1. The molecule has 1 heterocycles. The van der Waals surface area contributed by atoms with Gasteiger partial charge < -0.3 is 0 Å². The largest absolute Gasteiger partial charge is 0.287 e. The van der Waals surface area contributed by atoms with Gasteiger partial charge in [-0.1, -0.05) is 0 Å². The van der Waals surface area contributed by atoms with Crippen LogP contribution >= 0.6 is 11.3 Å². The van der Waals surface area contributed by atoms with Gasteiger partial charge >= 0.3 is 0 Å². The first-order valence-corrected chi connectivity index (χ1v) is 4.53. The average molecular weight is 203 g/mol. The lowest BCUT2D eigenvalue weighted by atomic mass is 10.3. The fourth-order valence-corrected chi connectivity index (χ4v) is 1.73. The zero-order valence-corrected chi connectivity index (χ0v) is 8.23. The van der Waals surface area contributed by atoms with Crippen LogP contribution in [0.15, 0.2) is 11.4 Å². The summed E-state index contributed by atoms with van der Waals surface area (Å²) in [6.07, 6.45) is 0. The Morgan fingerprint density at radius 1 is 1.77 bits per heavy atom. The number of amides is 1. The van der Waals surface area contributed by atoms with Crippen LogP contribution in [0.2, 0.25) is 0 Å². The SMILES string of the molecule is CON(C)C(=O)c1sccc1CF. The second kappa shape index (κ2) is 4.34. The molecule has 3 nitrogen and oxygen atoms in total. The van der Waals surface area contributed by atoms with E-state index in [-0.39, 0.29) is 5.91 Å². The highest BCUT2D eigenvalue weighted by Gasteiger charge is 2.16. The molecular weight excluding hydrogens is 193 g/mol. The van der Waals surface area contributed by atoms with Gasteiger partial charge in [0, 0.05) is 12.6 Å². The molecule has 0 radical (unpaired) electrons. The van der Waals surface area contributed by atoms with Crippen molar-refractivity contribution in [2.75, 3.05) is 14.2 Å². The maximum Gasteiger partial charge on any atom is 0.287 e. The van der Waals surface area contributed by atoms with Gasteiger partial charge in [-0.3, -0.25) is 9.63 Å². The van der Waals surface area contributed by atoms with Crippen molar-refractivity contribution in [2.24, 2.45) is 0 Å². The third-order valence-electron chi connectivity index (χ3n) is 1.64. The van der Waals surface area contributed by atoms with Gasteiger partial charge in [-0.2, -0.15) is 0 Å². The number of thiophene rings is 1. The first-order chi connectivity index (χ1) is 6.20. The van der Waals surface area contributed by atoms with E-state index in [0.717, 1.165) is 5.06 Å². The lowest BCUT2D eigenvalue weighted by molar-refractivity contribution is -0.0754. The van der Waals surface area contributed by atoms with Gasteiger partial charge in [-0.25, -0.2) is 9.45 Å². The average Bonchev–Trinajstić information content (AvgIpc) is 2.62. The van der Waals surface area contributed by atoms with E-state index in [9.17, 15) is 9.18 Å². The molecule has 0 aliphatic heterocycles. The zero-order valence-electron chi connectivity index (χ0n) is 7.41. The van der Waals surface area contributed by atoms with Gasteiger partial charge in [-0.05, 0) is 11.4 Å². The molecule has 1 amide bonds. The highest BCUT2D eigenvalue weighted by atomic mass is 32.1. The summed E-state index contributed by atoms with van der Waals surface area (Å²) < 4.78 is 12.3. The van der Waals surface area contributed by atoms with E-state index in [4.69, 9.17) is 4.84 Å². The standard InChI is InChI=1S/C8H10FNO2S/c1-10(12-2)8(11)7-6(5-9)3-4-13-7/h3-4H,5H2,1-2H3. The molecule has 0 spiro atoms. The van der Waals surface area contributed by atoms with Crippen molar-refractivity contribution >= 4 is 17.2 Å². The molecule has 1 rings (SSSR count). The summed E-state index contributed by atoms with van der Waals surface area (Å²) in [6.45, 7) is -0.623. The van der Waals surface area contributed by atoms with Crippen LogP contribution in [0.4, 0.5) is 4.39 Å². The molecule has 0 unspecified atom stereocenters. The third kappa shape index (κ3) is 2.05. The van der Waals surface area contributed by atoms with Crippen LogP contribution in [0.25, 0.3) is 0 Å². The van der Waals surface area contributed by atoms with Gasteiger partial charge in [0.25, 0.3) is 5.91 Å². The van der Waals surface area contributed by atoms with E-state index in [2.05, 4.69) is 0 Å². The number of hydroxylamine groups is 2. The van der Waals surface area contributed by atoms with Crippen molar-refractivity contribution in [3.8, 4) is 0 Å². The first-order valence-electron chi connectivity index (χ1n) is 3.65. The molecule has 13 heavy (non-hydrogen) atoms. The van der Waals surface area contributed by atoms with E-state index >= 15 is 0 Å². The predicted molar refractivity (Wildman–Crippen MR) is 48.2 cm³/mol. The molecule has 0 fully saturated rings. The number of carbonyl (C=O) groups is 1. The zero-order chi connectivity index (χ0) is 9.84. The van der Waals surface area contributed by atoms with Crippen LogP contribution in [-0.2, 0) is 11.5 Å². The monoisotopic (exact) mass is 203 g/mol. The maximum absolute atomic E-state index is 12.3. The van der Waals surface area contributed by atoms with Crippen LogP contribution in [0, 0.1) is 0 Å². The molecular formula is C8H10FNO2S. The molecule has 0 aliphatic carbocycles. The molecule has 0 aromatic carbocycles. The van der Waals surface area contributed by atoms with Crippen LogP contribution in [0.1, 0.15) is 15.2 Å². The lowest BCUT2D eigenvalue weighted by Gasteiger charge is -2.12. The van der Waals surface area contributed by atoms with Crippen molar-refractivity contribution in [1.29, 1.82) is 0 Å². The van der Waals surface area contributed by atoms with Gasteiger partial charge in [0.15, 0.2) is 0 Å². The molecule has 0 aliphatic rings. The second-order valence-corrected chi connectivity index (χ2v) is 3.31. The number of alkyl halides is 1. The summed E-state index contributed by atoms with van der Waals surface area (Å²) >= 11 is 1.21. The van der Waals surface area contributed by atoms with Crippen molar-refractivity contribution in [3.05, 3.63) is 21.9 Å². The van der Waals surface area contributed by atoms with Crippen molar-refractivity contribution in [3.63, 3.8) is 0 Å². The summed E-state index contributed by atoms with van der Waals surface area (Å²) in [7, 11) is 2.88. The first kappa shape index (κ1) is 10.1. The smallest absolute Gasteiger partial charge is 0.274 e. The Hall–Kier alpha value is -0.940. The van der Waals surface area contributed by atoms with Gasteiger partial charge in [-0.15, -0.1) is 11.3 Å². The molecule has 5 heteroatoms. The molecule has 72 valence electrons. The molecule has 0 saturated carbocycles. The van der Waals surface area contributed by atoms with E-state index in [0.29, 0.717) is 10.4 Å². The van der Waals surface area contributed by atoms with Crippen LogP contribution in [0.5, 0.6) is 0 Å². The van der Waals surface area contributed by atoms with Gasteiger partial charge in [0.2, 0.25) is 0 Å². The number of hydrogen-bond acceptors (Lipinski definition) is 3. The number of rotatable bonds is 3. The van der Waals surface area contributed by atoms with E-state index < -0.39 is 6.67 Å².